The highest BCUT2D eigenvalue weighted by Crippen LogP contribution is 2.36. The zero-order chi connectivity index (χ0) is 13.0. The molecule has 1 aliphatic rings. The first-order valence-electron chi connectivity index (χ1n) is 5.75. The van der Waals surface area contributed by atoms with Crippen LogP contribution in [0.15, 0.2) is 16.6 Å². The van der Waals surface area contributed by atoms with E-state index in [9.17, 15) is 4.21 Å². The molecule has 1 unspecified atom stereocenters. The van der Waals surface area contributed by atoms with Gasteiger partial charge in [-0.15, -0.1) is 0 Å². The second-order valence-electron chi connectivity index (χ2n) is 4.10. The number of hydrogen-bond donors (Lipinski definition) is 1. The molecule has 0 aliphatic carbocycles. The monoisotopic (exact) mass is 333 g/mol. The zero-order valence-corrected chi connectivity index (χ0v) is 12.6. The Hall–Kier alpha value is -0.590. The van der Waals surface area contributed by atoms with Gasteiger partial charge in [0.2, 0.25) is 6.79 Å². The van der Waals surface area contributed by atoms with E-state index in [4.69, 9.17) is 9.47 Å². The Morgan fingerprint density at radius 2 is 2.11 bits per heavy atom. The van der Waals surface area contributed by atoms with Crippen LogP contribution in [0.2, 0.25) is 0 Å². The molecule has 6 heteroatoms. The topological polar surface area (TPSA) is 47.6 Å². The number of halogens is 1. The van der Waals surface area contributed by atoms with Crippen LogP contribution in [0.5, 0.6) is 11.5 Å². The number of fused-ring (bicyclic) bond motifs is 1. The van der Waals surface area contributed by atoms with E-state index >= 15 is 0 Å². The van der Waals surface area contributed by atoms with Gasteiger partial charge in [0.15, 0.2) is 11.5 Å². The van der Waals surface area contributed by atoms with Crippen LogP contribution in [0.1, 0.15) is 12.0 Å². The summed E-state index contributed by atoms with van der Waals surface area (Å²) in [5, 5.41) is 3.33. The Balaban J connectivity index is 1.84. The Morgan fingerprint density at radius 3 is 2.83 bits per heavy atom. The van der Waals surface area contributed by atoms with Gasteiger partial charge in [-0.2, -0.15) is 0 Å². The van der Waals surface area contributed by atoms with Crippen molar-refractivity contribution in [1.29, 1.82) is 0 Å². The minimum Gasteiger partial charge on any atom is -0.454 e. The summed E-state index contributed by atoms with van der Waals surface area (Å²) < 4.78 is 22.6. The van der Waals surface area contributed by atoms with Crippen molar-refractivity contribution in [2.75, 3.05) is 25.3 Å². The molecule has 0 aromatic heterocycles. The lowest BCUT2D eigenvalue weighted by molar-refractivity contribution is 0.174. The van der Waals surface area contributed by atoms with Crippen molar-refractivity contribution in [2.45, 2.75) is 13.0 Å². The van der Waals surface area contributed by atoms with Gasteiger partial charge in [-0.1, -0.05) is 15.9 Å². The first kappa shape index (κ1) is 13.8. The van der Waals surface area contributed by atoms with Gasteiger partial charge in [-0.05, 0) is 30.7 Å². The largest absolute Gasteiger partial charge is 0.454 e. The number of rotatable bonds is 6. The molecule has 4 nitrogen and oxygen atoms in total. The van der Waals surface area contributed by atoms with Gasteiger partial charge in [-0.25, -0.2) is 0 Å². The molecule has 1 aromatic rings. The maximum Gasteiger partial charge on any atom is 0.231 e. The fraction of sp³-hybridized carbons (Fsp3) is 0.500. The molecule has 0 amide bonds. The molecule has 18 heavy (non-hydrogen) atoms. The fourth-order valence-electron chi connectivity index (χ4n) is 1.72. The van der Waals surface area contributed by atoms with Gasteiger partial charge in [0.25, 0.3) is 0 Å². The summed E-state index contributed by atoms with van der Waals surface area (Å²) in [4.78, 5) is 0. The molecule has 0 bridgehead atoms. The Kier molecular flexibility index (Phi) is 5.03. The van der Waals surface area contributed by atoms with E-state index in [2.05, 4.69) is 21.2 Å². The zero-order valence-electron chi connectivity index (χ0n) is 10.2. The maximum absolute atomic E-state index is 10.9. The smallest absolute Gasteiger partial charge is 0.231 e. The predicted octanol–water partition coefficient (Wildman–Crippen LogP) is 2.04. The second-order valence-corrected chi connectivity index (χ2v) is 6.51. The average Bonchev–Trinajstić information content (AvgIpc) is 2.75. The average molecular weight is 334 g/mol. The number of nitrogens with one attached hydrogen (secondary N) is 1. The second kappa shape index (κ2) is 6.54. The molecule has 100 valence electrons. The molecule has 1 heterocycles. The molecule has 1 aromatic carbocycles. The van der Waals surface area contributed by atoms with Crippen molar-refractivity contribution in [1.82, 2.24) is 5.32 Å². The quantitative estimate of drug-likeness (QED) is 0.809. The van der Waals surface area contributed by atoms with Crippen molar-refractivity contribution in [3.05, 3.63) is 22.2 Å². The van der Waals surface area contributed by atoms with E-state index in [1.165, 1.54) is 0 Å². The van der Waals surface area contributed by atoms with Gasteiger partial charge in [0, 0.05) is 33.8 Å². The highest BCUT2D eigenvalue weighted by molar-refractivity contribution is 9.10. The van der Waals surface area contributed by atoms with E-state index in [0.717, 1.165) is 46.8 Å². The summed E-state index contributed by atoms with van der Waals surface area (Å²) in [6, 6.07) is 3.91. The van der Waals surface area contributed by atoms with Crippen LogP contribution in [0, 0.1) is 0 Å². The highest BCUT2D eigenvalue weighted by Gasteiger charge is 2.15. The number of ether oxygens (including phenoxy) is 2. The lowest BCUT2D eigenvalue weighted by Gasteiger charge is -2.08. The van der Waals surface area contributed by atoms with Gasteiger partial charge in [0.05, 0.1) is 0 Å². The molecule has 0 spiro atoms. The van der Waals surface area contributed by atoms with E-state index < -0.39 is 10.8 Å². The minimum atomic E-state index is -0.704. The molecule has 0 saturated carbocycles. The Morgan fingerprint density at radius 1 is 1.39 bits per heavy atom. The molecule has 1 aliphatic heterocycles. The molecule has 2 rings (SSSR count). The van der Waals surface area contributed by atoms with Crippen molar-refractivity contribution < 1.29 is 13.7 Å². The fourth-order valence-corrected chi connectivity index (χ4v) is 2.73. The van der Waals surface area contributed by atoms with Crippen molar-refractivity contribution in [3.63, 3.8) is 0 Å². The van der Waals surface area contributed by atoms with Crippen molar-refractivity contribution in [2.24, 2.45) is 0 Å². The Labute approximate surface area is 118 Å². The molecular formula is C12H16BrNO3S. The van der Waals surface area contributed by atoms with E-state index in [0.29, 0.717) is 6.79 Å². The number of benzene rings is 1. The third-order valence-corrected chi connectivity index (χ3v) is 4.24. The van der Waals surface area contributed by atoms with Crippen LogP contribution in [0.25, 0.3) is 0 Å². The molecule has 0 fully saturated rings. The van der Waals surface area contributed by atoms with Gasteiger partial charge < -0.3 is 14.8 Å². The first-order chi connectivity index (χ1) is 8.66. The normalized spacial score (nSPS) is 14.8. The third kappa shape index (κ3) is 3.70. The summed E-state index contributed by atoms with van der Waals surface area (Å²) >= 11 is 3.52. The summed E-state index contributed by atoms with van der Waals surface area (Å²) in [6.45, 7) is 1.91. The van der Waals surface area contributed by atoms with Crippen LogP contribution in [0.3, 0.4) is 0 Å². The molecule has 0 radical (unpaired) electrons. The van der Waals surface area contributed by atoms with E-state index in [-0.39, 0.29) is 0 Å². The summed E-state index contributed by atoms with van der Waals surface area (Å²) in [5.41, 5.74) is 1.14. The lowest BCUT2D eigenvalue weighted by Crippen LogP contribution is -2.16. The van der Waals surface area contributed by atoms with Crippen LogP contribution >= 0.6 is 15.9 Å². The number of hydrogen-bond acceptors (Lipinski definition) is 4. The van der Waals surface area contributed by atoms with Crippen LogP contribution in [-0.2, 0) is 17.3 Å². The highest BCUT2D eigenvalue weighted by atomic mass is 79.9. The Bertz CT molecular complexity index is 453. The van der Waals surface area contributed by atoms with Crippen LogP contribution in [0.4, 0.5) is 0 Å². The standard InChI is InChI=1S/C12H16BrNO3S/c1-18(15)4-2-3-14-7-9-5-11-12(6-10(9)13)17-8-16-11/h5-6,14H,2-4,7-8H2,1H3. The summed E-state index contributed by atoms with van der Waals surface area (Å²) in [6.07, 6.45) is 2.65. The van der Waals surface area contributed by atoms with Crippen LogP contribution in [-0.4, -0.2) is 29.6 Å². The maximum atomic E-state index is 10.9. The molecule has 1 N–H and O–H groups in total. The van der Waals surface area contributed by atoms with Crippen molar-refractivity contribution >= 4 is 26.7 Å². The van der Waals surface area contributed by atoms with Gasteiger partial charge in [-0.3, -0.25) is 4.21 Å². The van der Waals surface area contributed by atoms with E-state index in [1.54, 1.807) is 6.26 Å². The lowest BCUT2D eigenvalue weighted by atomic mass is 10.2. The SMILES string of the molecule is CS(=O)CCCNCc1cc2c(cc1Br)OCO2. The molecule has 0 saturated heterocycles. The third-order valence-electron chi connectivity index (χ3n) is 2.64. The molecule has 1 atom stereocenters. The van der Waals surface area contributed by atoms with Crippen molar-refractivity contribution in [3.8, 4) is 11.5 Å². The molecular weight excluding hydrogens is 318 g/mol. The van der Waals surface area contributed by atoms with Crippen LogP contribution < -0.4 is 14.8 Å². The summed E-state index contributed by atoms with van der Waals surface area (Å²) in [7, 11) is -0.704. The summed E-state index contributed by atoms with van der Waals surface area (Å²) in [5.74, 6) is 2.33. The van der Waals surface area contributed by atoms with E-state index in [1.807, 2.05) is 12.1 Å². The van der Waals surface area contributed by atoms with Gasteiger partial charge in [0.1, 0.15) is 0 Å². The predicted molar refractivity (Wildman–Crippen MR) is 75.5 cm³/mol. The first-order valence-corrected chi connectivity index (χ1v) is 8.27. The van der Waals surface area contributed by atoms with Gasteiger partial charge >= 0.3 is 0 Å². The minimum absolute atomic E-state index is 0.293.